The van der Waals surface area contributed by atoms with Gasteiger partial charge in [0.2, 0.25) is 0 Å². The minimum Gasteiger partial charge on any atom is -0.503 e. The zero-order valence-corrected chi connectivity index (χ0v) is 13.8. The van der Waals surface area contributed by atoms with Gasteiger partial charge in [0, 0.05) is 23.2 Å². The highest BCUT2D eigenvalue weighted by molar-refractivity contribution is 9.10. The average molecular weight is 357 g/mol. The molecule has 6 heteroatoms. The Morgan fingerprint density at radius 2 is 2.25 bits per heavy atom. The SMILES string of the molecule is CCCNCc1cnc(-c2cc(Br)c(O)c(OC)c2)s1. The Balaban J connectivity index is 2.21. The molecule has 0 bridgehead atoms. The second-order valence-electron chi connectivity index (χ2n) is 4.32. The molecule has 2 rings (SSSR count). The van der Waals surface area contributed by atoms with E-state index >= 15 is 0 Å². The molecule has 0 aliphatic heterocycles. The molecule has 1 heterocycles. The van der Waals surface area contributed by atoms with Gasteiger partial charge in [-0.25, -0.2) is 4.98 Å². The van der Waals surface area contributed by atoms with E-state index in [-0.39, 0.29) is 5.75 Å². The predicted octanol–water partition coefficient (Wildman–Crippen LogP) is 3.79. The Labute approximate surface area is 130 Å². The van der Waals surface area contributed by atoms with Crippen LogP contribution in [-0.2, 0) is 6.54 Å². The van der Waals surface area contributed by atoms with Gasteiger partial charge < -0.3 is 15.2 Å². The van der Waals surface area contributed by atoms with Crippen molar-refractivity contribution in [3.05, 3.63) is 27.7 Å². The number of methoxy groups -OCH3 is 1. The molecule has 0 spiro atoms. The summed E-state index contributed by atoms with van der Waals surface area (Å²) in [7, 11) is 1.53. The Morgan fingerprint density at radius 3 is 2.95 bits per heavy atom. The normalized spacial score (nSPS) is 10.8. The van der Waals surface area contributed by atoms with Crippen LogP contribution in [0.2, 0.25) is 0 Å². The molecular weight excluding hydrogens is 340 g/mol. The number of aromatic hydroxyl groups is 1. The van der Waals surface area contributed by atoms with Crippen molar-refractivity contribution in [1.82, 2.24) is 10.3 Å². The summed E-state index contributed by atoms with van der Waals surface area (Å²) in [5.41, 5.74) is 0.929. The second-order valence-corrected chi connectivity index (χ2v) is 6.29. The van der Waals surface area contributed by atoms with Crippen molar-refractivity contribution < 1.29 is 9.84 Å². The van der Waals surface area contributed by atoms with E-state index in [9.17, 15) is 5.11 Å². The van der Waals surface area contributed by atoms with E-state index in [1.807, 2.05) is 12.3 Å². The smallest absolute Gasteiger partial charge is 0.172 e. The van der Waals surface area contributed by atoms with Crippen LogP contribution in [0.25, 0.3) is 10.6 Å². The van der Waals surface area contributed by atoms with E-state index in [0.29, 0.717) is 10.2 Å². The van der Waals surface area contributed by atoms with Crippen molar-refractivity contribution in [2.75, 3.05) is 13.7 Å². The number of rotatable bonds is 6. The molecule has 0 aliphatic rings. The van der Waals surface area contributed by atoms with Gasteiger partial charge in [-0.2, -0.15) is 0 Å². The van der Waals surface area contributed by atoms with Gasteiger partial charge in [0.25, 0.3) is 0 Å². The van der Waals surface area contributed by atoms with Gasteiger partial charge in [-0.3, -0.25) is 0 Å². The summed E-state index contributed by atoms with van der Waals surface area (Å²) in [4.78, 5) is 5.62. The van der Waals surface area contributed by atoms with Gasteiger partial charge in [0.15, 0.2) is 11.5 Å². The molecule has 108 valence electrons. The maximum Gasteiger partial charge on any atom is 0.172 e. The third-order valence-electron chi connectivity index (χ3n) is 2.77. The lowest BCUT2D eigenvalue weighted by Gasteiger charge is -2.07. The number of hydrogen-bond acceptors (Lipinski definition) is 5. The molecule has 20 heavy (non-hydrogen) atoms. The van der Waals surface area contributed by atoms with E-state index in [1.54, 1.807) is 17.4 Å². The summed E-state index contributed by atoms with van der Waals surface area (Å²) >= 11 is 4.97. The van der Waals surface area contributed by atoms with Crippen molar-refractivity contribution >= 4 is 27.3 Å². The van der Waals surface area contributed by atoms with Crippen molar-refractivity contribution in [3.63, 3.8) is 0 Å². The molecule has 0 unspecified atom stereocenters. The first-order valence-corrected chi connectivity index (χ1v) is 7.99. The highest BCUT2D eigenvalue weighted by Crippen LogP contribution is 2.39. The van der Waals surface area contributed by atoms with Crippen LogP contribution in [0.5, 0.6) is 11.5 Å². The lowest BCUT2D eigenvalue weighted by molar-refractivity contribution is 0.372. The van der Waals surface area contributed by atoms with Crippen molar-refractivity contribution in [1.29, 1.82) is 0 Å². The summed E-state index contributed by atoms with van der Waals surface area (Å²) in [6, 6.07) is 3.64. The monoisotopic (exact) mass is 356 g/mol. The number of thiazole rings is 1. The molecule has 0 saturated carbocycles. The molecule has 4 nitrogen and oxygen atoms in total. The van der Waals surface area contributed by atoms with E-state index in [2.05, 4.69) is 33.2 Å². The van der Waals surface area contributed by atoms with Crippen LogP contribution in [-0.4, -0.2) is 23.7 Å². The van der Waals surface area contributed by atoms with Gasteiger partial charge in [-0.1, -0.05) is 6.92 Å². The summed E-state index contributed by atoms with van der Waals surface area (Å²) in [5.74, 6) is 0.549. The van der Waals surface area contributed by atoms with E-state index in [4.69, 9.17) is 4.74 Å². The molecule has 0 aliphatic carbocycles. The Bertz CT molecular complexity index is 587. The number of nitrogens with one attached hydrogen (secondary N) is 1. The third-order valence-corrected chi connectivity index (χ3v) is 4.43. The van der Waals surface area contributed by atoms with Gasteiger partial charge in [0.05, 0.1) is 11.6 Å². The molecule has 2 N–H and O–H groups in total. The predicted molar refractivity (Wildman–Crippen MR) is 85.5 cm³/mol. The Kier molecular flexibility index (Phi) is 5.39. The second kappa shape index (κ2) is 7.06. The summed E-state index contributed by atoms with van der Waals surface area (Å²) in [5, 5.41) is 14.1. The molecular formula is C14H17BrN2O2S. The Hall–Kier alpha value is -1.11. The first kappa shape index (κ1) is 15.3. The van der Waals surface area contributed by atoms with Crippen LogP contribution in [0, 0.1) is 0 Å². The maximum atomic E-state index is 9.82. The highest BCUT2D eigenvalue weighted by atomic mass is 79.9. The molecule has 0 fully saturated rings. The van der Waals surface area contributed by atoms with Crippen molar-refractivity contribution in [2.45, 2.75) is 19.9 Å². The van der Waals surface area contributed by atoms with E-state index in [0.717, 1.165) is 30.1 Å². The van der Waals surface area contributed by atoms with Crippen molar-refractivity contribution in [3.8, 4) is 22.1 Å². The number of phenolic OH excluding ortho intramolecular Hbond substituents is 1. The summed E-state index contributed by atoms with van der Waals surface area (Å²) in [6.45, 7) is 3.99. The molecule has 2 aromatic rings. The lowest BCUT2D eigenvalue weighted by atomic mass is 10.2. The van der Waals surface area contributed by atoms with Crippen molar-refractivity contribution in [2.24, 2.45) is 0 Å². The molecule has 0 saturated heterocycles. The van der Waals surface area contributed by atoms with Crippen LogP contribution in [0.4, 0.5) is 0 Å². The zero-order valence-electron chi connectivity index (χ0n) is 11.4. The topological polar surface area (TPSA) is 54.4 Å². The standard InChI is InChI=1S/C14H17BrN2O2S/c1-3-4-16-7-10-8-17-14(20-10)9-5-11(15)13(18)12(6-9)19-2/h5-6,8,16,18H,3-4,7H2,1-2H3. The minimum atomic E-state index is 0.109. The van der Waals surface area contributed by atoms with Gasteiger partial charge in [-0.05, 0) is 41.0 Å². The molecule has 0 amide bonds. The number of halogens is 1. The maximum absolute atomic E-state index is 9.82. The number of hydrogen-bond donors (Lipinski definition) is 2. The average Bonchev–Trinajstić information content (AvgIpc) is 2.91. The number of benzene rings is 1. The van der Waals surface area contributed by atoms with Crippen LogP contribution in [0.15, 0.2) is 22.8 Å². The first-order chi connectivity index (χ1) is 9.65. The molecule has 1 aromatic heterocycles. The van der Waals surface area contributed by atoms with Gasteiger partial charge >= 0.3 is 0 Å². The summed E-state index contributed by atoms with van der Waals surface area (Å²) < 4.78 is 5.76. The highest BCUT2D eigenvalue weighted by Gasteiger charge is 2.12. The third kappa shape index (κ3) is 3.50. The van der Waals surface area contributed by atoms with Crippen LogP contribution in [0.3, 0.4) is 0 Å². The number of nitrogens with zero attached hydrogens (tertiary/aromatic N) is 1. The van der Waals surface area contributed by atoms with Gasteiger partial charge in [-0.15, -0.1) is 11.3 Å². The lowest BCUT2D eigenvalue weighted by Crippen LogP contribution is -2.12. The van der Waals surface area contributed by atoms with Gasteiger partial charge in [0.1, 0.15) is 5.01 Å². The van der Waals surface area contributed by atoms with Crippen LogP contribution in [0.1, 0.15) is 18.2 Å². The fourth-order valence-electron chi connectivity index (χ4n) is 1.76. The number of ether oxygens (including phenoxy) is 1. The molecule has 0 radical (unpaired) electrons. The Morgan fingerprint density at radius 1 is 1.45 bits per heavy atom. The van der Waals surface area contributed by atoms with Crippen LogP contribution >= 0.6 is 27.3 Å². The zero-order chi connectivity index (χ0) is 14.5. The number of aromatic nitrogens is 1. The van der Waals surface area contributed by atoms with E-state index in [1.165, 1.54) is 12.0 Å². The fraction of sp³-hybridized carbons (Fsp3) is 0.357. The minimum absolute atomic E-state index is 0.109. The van der Waals surface area contributed by atoms with E-state index < -0.39 is 0 Å². The van der Waals surface area contributed by atoms with Crippen LogP contribution < -0.4 is 10.1 Å². The molecule has 0 atom stereocenters. The molecule has 1 aromatic carbocycles. The first-order valence-electron chi connectivity index (χ1n) is 6.38. The number of phenols is 1. The fourth-order valence-corrected chi connectivity index (χ4v) is 3.08. The summed E-state index contributed by atoms with van der Waals surface area (Å²) in [6.07, 6.45) is 3.00. The quantitative estimate of drug-likeness (QED) is 0.773. The largest absolute Gasteiger partial charge is 0.503 e.